The van der Waals surface area contributed by atoms with Crippen LogP contribution in [0.4, 0.5) is 17.1 Å². The van der Waals surface area contributed by atoms with Crippen LogP contribution in [0.2, 0.25) is 0 Å². The first-order chi connectivity index (χ1) is 25.3. The van der Waals surface area contributed by atoms with Gasteiger partial charge >= 0.3 is 0 Å². The van der Waals surface area contributed by atoms with E-state index < -0.39 is 5.41 Å². The van der Waals surface area contributed by atoms with Gasteiger partial charge in [0.1, 0.15) is 11.5 Å². The van der Waals surface area contributed by atoms with E-state index in [2.05, 4.69) is 181 Å². The molecule has 2 nitrogen and oxygen atoms in total. The van der Waals surface area contributed by atoms with Crippen molar-refractivity contribution in [3.05, 3.63) is 198 Å². The predicted molar refractivity (Wildman–Crippen MR) is 210 cm³/mol. The molecule has 0 bridgehead atoms. The molecule has 0 unspecified atom stereocenters. The second-order valence-corrected chi connectivity index (χ2v) is 14.0. The molecule has 2 heterocycles. The van der Waals surface area contributed by atoms with Gasteiger partial charge in [0.05, 0.1) is 22.5 Å². The number of benzene rings is 9. The van der Waals surface area contributed by atoms with Crippen molar-refractivity contribution in [1.82, 2.24) is 0 Å². The molecule has 12 rings (SSSR count). The number of rotatable bonds is 1. The highest BCUT2D eigenvalue weighted by Gasteiger charge is 2.51. The van der Waals surface area contributed by atoms with Crippen LogP contribution in [-0.4, -0.2) is 0 Å². The van der Waals surface area contributed by atoms with Crippen molar-refractivity contribution >= 4 is 49.4 Å². The van der Waals surface area contributed by atoms with Crippen LogP contribution in [-0.2, 0) is 5.41 Å². The fourth-order valence-electron chi connectivity index (χ4n) is 9.70. The molecule has 0 radical (unpaired) electrons. The van der Waals surface area contributed by atoms with Crippen LogP contribution in [0.1, 0.15) is 22.3 Å². The van der Waals surface area contributed by atoms with Crippen molar-refractivity contribution in [2.75, 3.05) is 4.90 Å². The third-order valence-electron chi connectivity index (χ3n) is 11.6. The predicted octanol–water partition coefficient (Wildman–Crippen LogP) is 13.1. The fourth-order valence-corrected chi connectivity index (χ4v) is 9.70. The van der Waals surface area contributed by atoms with Gasteiger partial charge in [-0.25, -0.2) is 0 Å². The second-order valence-electron chi connectivity index (χ2n) is 14.0. The van der Waals surface area contributed by atoms with Crippen LogP contribution in [0.5, 0.6) is 11.5 Å². The molecule has 0 saturated heterocycles. The zero-order valence-corrected chi connectivity index (χ0v) is 27.6. The summed E-state index contributed by atoms with van der Waals surface area (Å²) in [6.07, 6.45) is 0. The molecule has 0 fully saturated rings. The lowest BCUT2D eigenvalue weighted by molar-refractivity contribution is 0.434. The van der Waals surface area contributed by atoms with E-state index in [0.29, 0.717) is 0 Å². The topological polar surface area (TPSA) is 12.5 Å². The van der Waals surface area contributed by atoms with E-state index in [1.54, 1.807) is 0 Å². The standard InChI is InChI=1S/C49H29NO/c1-2-16-33-30(13-1)27-28-32-29-36-34-17-11-14-31-15-12-18-35(45(31)34)47(36)48(46(32)33)50-41-23-7-3-19-37(41)49(38-20-4-8-24-42(38)50)39-21-5-9-25-43(39)51-44-26-10-6-22-40(44)49/h1-29H. The fraction of sp³-hybridized carbons (Fsp3) is 0.0204. The molecule has 2 heteroatoms. The Hall–Kier alpha value is -6.64. The zero-order chi connectivity index (χ0) is 33.3. The number of ether oxygens (including phenoxy) is 1. The summed E-state index contributed by atoms with van der Waals surface area (Å²) < 4.78 is 6.67. The van der Waals surface area contributed by atoms with Gasteiger partial charge in [0, 0.05) is 22.1 Å². The SMILES string of the molecule is c1ccc2c(c1)Oc1ccccc1C21c2ccccc2N(c2c3c(cc4ccc5ccccc5c24)-c2cccc4cccc-3c24)c2ccccc21. The maximum Gasteiger partial charge on any atom is 0.132 e. The first-order valence-corrected chi connectivity index (χ1v) is 17.7. The summed E-state index contributed by atoms with van der Waals surface area (Å²) in [7, 11) is 0. The Labute approximate surface area is 295 Å². The van der Waals surface area contributed by atoms with Gasteiger partial charge in [-0.3, -0.25) is 0 Å². The summed E-state index contributed by atoms with van der Waals surface area (Å²) in [5, 5.41) is 7.61. The Morgan fingerprint density at radius 1 is 0.392 bits per heavy atom. The van der Waals surface area contributed by atoms with Crippen molar-refractivity contribution in [2.24, 2.45) is 0 Å². The van der Waals surface area contributed by atoms with Crippen molar-refractivity contribution < 1.29 is 4.74 Å². The Morgan fingerprint density at radius 2 is 0.941 bits per heavy atom. The van der Waals surface area contributed by atoms with Gasteiger partial charge in [-0.15, -0.1) is 0 Å². The van der Waals surface area contributed by atoms with E-state index in [9.17, 15) is 0 Å². The van der Waals surface area contributed by atoms with Crippen LogP contribution < -0.4 is 9.64 Å². The molecule has 3 aliphatic rings. The van der Waals surface area contributed by atoms with Crippen molar-refractivity contribution in [3.63, 3.8) is 0 Å². The molecule has 0 atom stereocenters. The molecule has 9 aromatic rings. The van der Waals surface area contributed by atoms with Gasteiger partial charge in [0.15, 0.2) is 0 Å². The van der Waals surface area contributed by atoms with Gasteiger partial charge < -0.3 is 9.64 Å². The Balaban J connectivity index is 1.29. The normalized spacial score (nSPS) is 14.2. The van der Waals surface area contributed by atoms with Gasteiger partial charge in [-0.05, 0) is 85.1 Å². The average molecular weight is 648 g/mol. The van der Waals surface area contributed by atoms with Crippen molar-refractivity contribution in [2.45, 2.75) is 5.41 Å². The number of anilines is 3. The Morgan fingerprint density at radius 3 is 1.65 bits per heavy atom. The first kappa shape index (κ1) is 27.2. The quantitative estimate of drug-likeness (QED) is 0.164. The van der Waals surface area contributed by atoms with E-state index in [1.807, 2.05) is 0 Å². The van der Waals surface area contributed by atoms with Crippen LogP contribution in [0.15, 0.2) is 176 Å². The van der Waals surface area contributed by atoms with Gasteiger partial charge in [-0.2, -0.15) is 0 Å². The molecule has 0 amide bonds. The lowest BCUT2D eigenvalue weighted by Crippen LogP contribution is -2.39. The molecule has 51 heavy (non-hydrogen) atoms. The van der Waals surface area contributed by atoms with Crippen molar-refractivity contribution in [3.8, 4) is 33.8 Å². The lowest BCUT2D eigenvalue weighted by Gasteiger charge is -2.49. The first-order valence-electron chi connectivity index (χ1n) is 17.7. The summed E-state index contributed by atoms with van der Waals surface area (Å²) in [5.41, 5.74) is 13.0. The van der Waals surface area contributed by atoms with E-state index in [4.69, 9.17) is 4.74 Å². The average Bonchev–Trinajstić information content (AvgIpc) is 3.51. The summed E-state index contributed by atoms with van der Waals surface area (Å²) in [4.78, 5) is 2.59. The minimum atomic E-state index is -0.589. The third kappa shape index (κ3) is 3.32. The van der Waals surface area contributed by atoms with Crippen LogP contribution >= 0.6 is 0 Å². The minimum Gasteiger partial charge on any atom is -0.457 e. The number of fused-ring (bicyclic) bond motifs is 14. The summed E-state index contributed by atoms with van der Waals surface area (Å²) in [6.45, 7) is 0. The molecule has 0 saturated carbocycles. The second kappa shape index (κ2) is 9.74. The van der Waals surface area contributed by atoms with Gasteiger partial charge in [-0.1, -0.05) is 146 Å². The number of hydrogen-bond acceptors (Lipinski definition) is 2. The molecular formula is C49H29NO. The number of hydrogen-bond donors (Lipinski definition) is 0. The molecule has 0 aromatic heterocycles. The molecule has 9 aromatic carbocycles. The van der Waals surface area contributed by atoms with E-state index in [-0.39, 0.29) is 0 Å². The highest BCUT2D eigenvalue weighted by Crippen LogP contribution is 2.65. The van der Waals surface area contributed by atoms with Crippen LogP contribution in [0.25, 0.3) is 54.6 Å². The van der Waals surface area contributed by atoms with Gasteiger partial charge in [0.2, 0.25) is 0 Å². The summed E-state index contributed by atoms with van der Waals surface area (Å²) in [5.74, 6) is 1.79. The molecular weight excluding hydrogens is 619 g/mol. The third-order valence-corrected chi connectivity index (χ3v) is 11.6. The Kier molecular flexibility index (Phi) is 5.20. The minimum absolute atomic E-state index is 0.589. The maximum atomic E-state index is 6.67. The molecule has 1 spiro atoms. The maximum absolute atomic E-state index is 6.67. The Bertz CT molecular complexity index is 2870. The van der Waals surface area contributed by atoms with E-state index in [0.717, 1.165) is 22.6 Å². The largest absolute Gasteiger partial charge is 0.457 e. The molecule has 0 N–H and O–H groups in total. The number of para-hydroxylation sites is 4. The van der Waals surface area contributed by atoms with Crippen molar-refractivity contribution in [1.29, 1.82) is 0 Å². The highest BCUT2D eigenvalue weighted by molar-refractivity contribution is 6.27. The van der Waals surface area contributed by atoms with Gasteiger partial charge in [0.25, 0.3) is 0 Å². The lowest BCUT2D eigenvalue weighted by atomic mass is 9.61. The van der Waals surface area contributed by atoms with Crippen LogP contribution in [0.3, 0.4) is 0 Å². The smallest absolute Gasteiger partial charge is 0.132 e. The summed E-state index contributed by atoms with van der Waals surface area (Å²) >= 11 is 0. The zero-order valence-electron chi connectivity index (χ0n) is 27.6. The molecule has 2 aliphatic heterocycles. The van der Waals surface area contributed by atoms with Crippen LogP contribution in [0, 0.1) is 0 Å². The summed E-state index contributed by atoms with van der Waals surface area (Å²) in [6, 6.07) is 64.8. The van der Waals surface area contributed by atoms with E-state index >= 15 is 0 Å². The molecule has 236 valence electrons. The highest BCUT2D eigenvalue weighted by atomic mass is 16.5. The number of nitrogens with zero attached hydrogens (tertiary/aromatic N) is 1. The van der Waals surface area contributed by atoms with E-state index in [1.165, 1.54) is 82.8 Å². The molecule has 1 aliphatic carbocycles. The monoisotopic (exact) mass is 647 g/mol.